The molecule has 5 nitrogen and oxygen atoms in total. The first-order valence-corrected chi connectivity index (χ1v) is 7.61. The fraction of sp³-hybridized carbons (Fsp3) is 0.273. The number of aromatic nitrogens is 2. The second-order valence-corrected chi connectivity index (χ2v) is 5.93. The molecule has 2 rings (SSSR count). The molecule has 0 aliphatic carbocycles. The van der Waals surface area contributed by atoms with Crippen LogP contribution in [0.3, 0.4) is 0 Å². The molecule has 102 valence electrons. The Morgan fingerprint density at radius 1 is 1.53 bits per heavy atom. The van der Waals surface area contributed by atoms with Crippen LogP contribution in [0.5, 0.6) is 5.88 Å². The minimum atomic E-state index is -0.656. The fourth-order valence-electron chi connectivity index (χ4n) is 1.32. The Morgan fingerprint density at radius 2 is 2.37 bits per heavy atom. The number of rotatable bonds is 6. The van der Waals surface area contributed by atoms with Gasteiger partial charge in [-0.15, -0.1) is 4.37 Å². The zero-order valence-electron chi connectivity index (χ0n) is 9.72. The number of ether oxygens (including phenoxy) is 1. The highest BCUT2D eigenvalue weighted by Crippen LogP contribution is 2.23. The summed E-state index contributed by atoms with van der Waals surface area (Å²) in [5.74, 6) is 0.427. The average molecular weight is 412 g/mol. The topological polar surface area (TPSA) is 67.3 Å². The number of hydrogen-bond acceptors (Lipinski definition) is 6. The van der Waals surface area contributed by atoms with E-state index in [1.165, 1.54) is 6.20 Å². The lowest BCUT2D eigenvalue weighted by Crippen LogP contribution is -2.26. The molecule has 1 aromatic carbocycles. The standard InChI is InChI=1S/C11H11ClIN3O2S/c12-9-3-7(13)1-2-10(9)14-4-8(17)6-18-11-5-15-19-16-11/h1-3,5,8,14,17H,4,6H2. The van der Waals surface area contributed by atoms with Gasteiger partial charge in [0.15, 0.2) is 0 Å². The lowest BCUT2D eigenvalue weighted by molar-refractivity contribution is 0.115. The van der Waals surface area contributed by atoms with Gasteiger partial charge in [0.25, 0.3) is 0 Å². The molecule has 0 amide bonds. The normalized spacial score (nSPS) is 12.2. The number of aliphatic hydroxyl groups is 1. The van der Waals surface area contributed by atoms with Gasteiger partial charge in [-0.05, 0) is 40.8 Å². The Hall–Kier alpha value is -0.640. The van der Waals surface area contributed by atoms with Gasteiger partial charge in [-0.1, -0.05) is 11.6 Å². The predicted octanol–water partition coefficient (Wildman–Crippen LogP) is 2.65. The van der Waals surface area contributed by atoms with Crippen molar-refractivity contribution < 1.29 is 9.84 Å². The van der Waals surface area contributed by atoms with E-state index >= 15 is 0 Å². The molecule has 0 fully saturated rings. The van der Waals surface area contributed by atoms with E-state index in [2.05, 4.69) is 36.7 Å². The third-order valence-corrected chi connectivity index (χ3v) is 3.67. The molecule has 1 atom stereocenters. The monoisotopic (exact) mass is 411 g/mol. The Morgan fingerprint density at radius 3 is 3.05 bits per heavy atom. The van der Waals surface area contributed by atoms with Crippen molar-refractivity contribution in [3.8, 4) is 5.88 Å². The first-order valence-electron chi connectivity index (χ1n) is 5.42. The van der Waals surface area contributed by atoms with Gasteiger partial charge in [0, 0.05) is 10.1 Å². The molecule has 1 aromatic heterocycles. The van der Waals surface area contributed by atoms with E-state index in [-0.39, 0.29) is 6.61 Å². The van der Waals surface area contributed by atoms with E-state index < -0.39 is 6.10 Å². The van der Waals surface area contributed by atoms with Crippen LogP contribution in [0.4, 0.5) is 5.69 Å². The largest absolute Gasteiger partial charge is 0.473 e. The smallest absolute Gasteiger partial charge is 0.245 e. The van der Waals surface area contributed by atoms with E-state index in [0.29, 0.717) is 17.4 Å². The molecule has 19 heavy (non-hydrogen) atoms. The summed E-state index contributed by atoms with van der Waals surface area (Å²) in [5, 5.41) is 13.5. The first kappa shape index (κ1) is 14.8. The van der Waals surface area contributed by atoms with E-state index in [1.807, 2.05) is 18.2 Å². The van der Waals surface area contributed by atoms with Crippen molar-refractivity contribution in [3.63, 3.8) is 0 Å². The molecule has 1 unspecified atom stereocenters. The molecule has 0 aliphatic heterocycles. The number of benzene rings is 1. The van der Waals surface area contributed by atoms with Gasteiger partial charge in [-0.2, -0.15) is 4.37 Å². The summed E-state index contributed by atoms with van der Waals surface area (Å²) >= 11 is 9.33. The molecule has 8 heteroatoms. The summed E-state index contributed by atoms with van der Waals surface area (Å²) in [6, 6.07) is 5.68. The maximum absolute atomic E-state index is 9.78. The second-order valence-electron chi connectivity index (χ2n) is 3.72. The highest BCUT2D eigenvalue weighted by atomic mass is 127. The number of halogens is 2. The van der Waals surface area contributed by atoms with Crippen molar-refractivity contribution in [2.75, 3.05) is 18.5 Å². The van der Waals surface area contributed by atoms with Crippen molar-refractivity contribution in [2.24, 2.45) is 0 Å². The van der Waals surface area contributed by atoms with Crippen LogP contribution in [0, 0.1) is 3.57 Å². The molecule has 2 aromatic rings. The highest BCUT2D eigenvalue weighted by molar-refractivity contribution is 14.1. The molecular weight excluding hydrogens is 401 g/mol. The van der Waals surface area contributed by atoms with E-state index in [9.17, 15) is 5.11 Å². The number of nitrogens with one attached hydrogen (secondary N) is 1. The van der Waals surface area contributed by atoms with Crippen LogP contribution in [0.2, 0.25) is 5.02 Å². The summed E-state index contributed by atoms with van der Waals surface area (Å²) in [4.78, 5) is 0. The van der Waals surface area contributed by atoms with Crippen LogP contribution >= 0.6 is 45.9 Å². The first-order chi connectivity index (χ1) is 9.15. The SMILES string of the molecule is OC(CNc1ccc(I)cc1Cl)COc1cnsn1. The van der Waals surface area contributed by atoms with E-state index in [4.69, 9.17) is 16.3 Å². The second kappa shape index (κ2) is 7.22. The summed E-state index contributed by atoms with van der Waals surface area (Å²) in [6.07, 6.45) is 0.859. The minimum Gasteiger partial charge on any atom is -0.473 e. The van der Waals surface area contributed by atoms with Gasteiger partial charge in [0.05, 0.1) is 22.4 Å². The van der Waals surface area contributed by atoms with Crippen LogP contribution in [0.25, 0.3) is 0 Å². The number of hydrogen-bond donors (Lipinski definition) is 2. The van der Waals surface area contributed by atoms with Gasteiger partial charge in [0.1, 0.15) is 18.9 Å². The van der Waals surface area contributed by atoms with Gasteiger partial charge in [-0.25, -0.2) is 0 Å². The van der Waals surface area contributed by atoms with E-state index in [1.54, 1.807) is 0 Å². The van der Waals surface area contributed by atoms with Gasteiger partial charge >= 0.3 is 0 Å². The molecule has 0 saturated heterocycles. The van der Waals surface area contributed by atoms with Crippen molar-refractivity contribution in [3.05, 3.63) is 33.0 Å². The van der Waals surface area contributed by atoms with Crippen molar-refractivity contribution in [1.82, 2.24) is 8.75 Å². The van der Waals surface area contributed by atoms with Gasteiger partial charge < -0.3 is 15.2 Å². The van der Waals surface area contributed by atoms with Crippen molar-refractivity contribution in [1.29, 1.82) is 0 Å². The average Bonchev–Trinajstić information content (AvgIpc) is 2.88. The molecule has 0 bridgehead atoms. The molecule has 0 spiro atoms. The lowest BCUT2D eigenvalue weighted by Gasteiger charge is -2.13. The molecule has 2 N–H and O–H groups in total. The number of nitrogens with zero attached hydrogens (tertiary/aromatic N) is 2. The van der Waals surface area contributed by atoms with Crippen LogP contribution < -0.4 is 10.1 Å². The molecular formula is C11H11ClIN3O2S. The van der Waals surface area contributed by atoms with Gasteiger partial charge in [0.2, 0.25) is 5.88 Å². The van der Waals surface area contributed by atoms with Crippen molar-refractivity contribution in [2.45, 2.75) is 6.10 Å². The molecule has 0 saturated carbocycles. The predicted molar refractivity (Wildman–Crippen MR) is 84.1 cm³/mol. The summed E-state index contributed by atoms with van der Waals surface area (Å²) < 4.78 is 14.0. The quantitative estimate of drug-likeness (QED) is 0.716. The Kier molecular flexibility index (Phi) is 5.61. The third kappa shape index (κ3) is 4.75. The van der Waals surface area contributed by atoms with Crippen LogP contribution in [-0.2, 0) is 0 Å². The summed E-state index contributed by atoms with van der Waals surface area (Å²) in [7, 11) is 0. The Bertz CT molecular complexity index is 527. The fourth-order valence-corrected chi connectivity index (χ4v) is 2.61. The van der Waals surface area contributed by atoms with Crippen LogP contribution in [0.15, 0.2) is 24.4 Å². The number of anilines is 1. The van der Waals surface area contributed by atoms with Crippen LogP contribution in [-0.4, -0.2) is 33.1 Å². The highest BCUT2D eigenvalue weighted by Gasteiger charge is 2.08. The minimum absolute atomic E-state index is 0.153. The summed E-state index contributed by atoms with van der Waals surface area (Å²) in [5.41, 5.74) is 0.788. The molecule has 0 aliphatic rings. The zero-order valence-corrected chi connectivity index (χ0v) is 13.4. The Balaban J connectivity index is 1.78. The van der Waals surface area contributed by atoms with Crippen molar-refractivity contribution >= 4 is 51.6 Å². The van der Waals surface area contributed by atoms with Crippen LogP contribution in [0.1, 0.15) is 0 Å². The zero-order chi connectivity index (χ0) is 13.7. The lowest BCUT2D eigenvalue weighted by atomic mass is 10.3. The van der Waals surface area contributed by atoms with Gasteiger partial charge in [-0.3, -0.25) is 0 Å². The molecule has 1 heterocycles. The molecule has 0 radical (unpaired) electrons. The Labute approximate surface area is 133 Å². The maximum atomic E-state index is 9.78. The van der Waals surface area contributed by atoms with E-state index in [0.717, 1.165) is 21.0 Å². The third-order valence-electron chi connectivity index (χ3n) is 2.22. The number of aliphatic hydroxyl groups excluding tert-OH is 1. The summed E-state index contributed by atoms with van der Waals surface area (Å²) in [6.45, 7) is 0.498. The maximum Gasteiger partial charge on any atom is 0.245 e.